The van der Waals surface area contributed by atoms with Crippen molar-refractivity contribution in [3.05, 3.63) is 66.2 Å². The predicted octanol–water partition coefficient (Wildman–Crippen LogP) is 5.19. The number of halogens is 1. The van der Waals surface area contributed by atoms with Crippen molar-refractivity contribution in [1.82, 2.24) is 14.8 Å². The molecule has 2 fully saturated rings. The first-order valence-corrected chi connectivity index (χ1v) is 12.5. The first-order chi connectivity index (χ1) is 17.8. The number of nitrogens with zero attached hydrogens (tertiary/aromatic N) is 4. The van der Waals surface area contributed by atoms with Crippen molar-refractivity contribution in [1.29, 1.82) is 0 Å². The molecule has 1 aliphatic carbocycles. The molecule has 37 heavy (non-hydrogen) atoms. The molecule has 1 amide bonds. The van der Waals surface area contributed by atoms with E-state index in [4.69, 9.17) is 4.74 Å². The van der Waals surface area contributed by atoms with Crippen molar-refractivity contribution in [2.75, 3.05) is 23.3 Å². The van der Waals surface area contributed by atoms with E-state index in [1.54, 1.807) is 19.2 Å². The summed E-state index contributed by atoms with van der Waals surface area (Å²) in [5, 5.41) is 15.8. The average Bonchev–Trinajstić information content (AvgIpc) is 3.59. The quantitative estimate of drug-likeness (QED) is 0.432. The zero-order valence-electron chi connectivity index (χ0n) is 20.6. The Balaban J connectivity index is 1.21. The van der Waals surface area contributed by atoms with Gasteiger partial charge in [-0.3, -0.25) is 10.1 Å². The molecule has 1 unspecified atom stereocenters. The van der Waals surface area contributed by atoms with Gasteiger partial charge in [0.2, 0.25) is 0 Å². The average molecular weight is 508 g/mol. The molecule has 0 radical (unpaired) electrons. The molecule has 194 valence electrons. The number of carboxylic acids is 1. The number of hydrogen-bond donors (Lipinski definition) is 2. The molecule has 1 saturated carbocycles. The van der Waals surface area contributed by atoms with Crippen LogP contribution in [-0.4, -0.2) is 45.0 Å². The van der Waals surface area contributed by atoms with Crippen LogP contribution < -0.4 is 10.2 Å². The van der Waals surface area contributed by atoms with Gasteiger partial charge >= 0.3 is 12.1 Å². The van der Waals surface area contributed by atoms with E-state index >= 15 is 0 Å². The summed E-state index contributed by atoms with van der Waals surface area (Å²) in [6.07, 6.45) is 5.48. The van der Waals surface area contributed by atoms with Gasteiger partial charge in [-0.15, -0.1) is 0 Å². The molecule has 3 aromatic rings. The minimum atomic E-state index is -0.791. The summed E-state index contributed by atoms with van der Waals surface area (Å²) in [7, 11) is 0. The van der Waals surface area contributed by atoms with E-state index in [-0.39, 0.29) is 17.7 Å². The first-order valence-electron chi connectivity index (χ1n) is 12.5. The van der Waals surface area contributed by atoms with Gasteiger partial charge in [-0.2, -0.15) is 5.10 Å². The molecule has 1 atom stereocenters. The van der Waals surface area contributed by atoms with Gasteiger partial charge in [0.1, 0.15) is 11.9 Å². The number of rotatable bonds is 8. The third-order valence-electron chi connectivity index (χ3n) is 7.56. The lowest BCUT2D eigenvalue weighted by Gasteiger charge is -2.36. The zero-order valence-corrected chi connectivity index (χ0v) is 20.6. The number of amides is 1. The largest absolute Gasteiger partial charge is 0.481 e. The van der Waals surface area contributed by atoms with Crippen LogP contribution >= 0.6 is 0 Å². The van der Waals surface area contributed by atoms with Gasteiger partial charge in [0, 0.05) is 13.1 Å². The van der Waals surface area contributed by atoms with Crippen molar-refractivity contribution < 1.29 is 23.8 Å². The maximum atomic E-state index is 14.5. The molecule has 9 nitrogen and oxygen atoms in total. The molecular weight excluding hydrogens is 477 g/mol. The van der Waals surface area contributed by atoms with E-state index in [2.05, 4.69) is 20.3 Å². The van der Waals surface area contributed by atoms with Crippen molar-refractivity contribution in [2.45, 2.75) is 45.1 Å². The highest BCUT2D eigenvalue weighted by molar-refractivity contribution is 5.84. The third-order valence-corrected chi connectivity index (χ3v) is 7.56. The number of nitrogens with one attached hydrogen (secondary N) is 1. The molecule has 0 bridgehead atoms. The molecule has 1 saturated heterocycles. The predicted molar refractivity (Wildman–Crippen MR) is 135 cm³/mol. The molecule has 0 spiro atoms. The Bertz CT molecular complexity index is 1250. The van der Waals surface area contributed by atoms with E-state index in [0.29, 0.717) is 11.6 Å². The molecule has 3 heterocycles. The number of aliphatic carboxylic acids is 1. The third kappa shape index (κ3) is 5.42. The van der Waals surface area contributed by atoms with Crippen LogP contribution in [0.15, 0.2) is 54.9 Å². The number of anilines is 2. The number of carboxylic acid groups (broad SMARTS) is 1. The second-order valence-corrected chi connectivity index (χ2v) is 9.90. The Kier molecular flexibility index (Phi) is 6.82. The maximum Gasteiger partial charge on any atom is 0.413 e. The maximum absolute atomic E-state index is 14.5. The molecular formula is C27H30FN5O4. The smallest absolute Gasteiger partial charge is 0.413 e. The molecule has 2 aliphatic rings. The van der Waals surface area contributed by atoms with Crippen LogP contribution in [0, 0.1) is 17.2 Å². The van der Waals surface area contributed by atoms with Crippen LogP contribution in [0.5, 0.6) is 0 Å². The van der Waals surface area contributed by atoms with Crippen molar-refractivity contribution in [3.63, 3.8) is 0 Å². The Morgan fingerprint density at radius 3 is 2.51 bits per heavy atom. The number of benzene rings is 1. The van der Waals surface area contributed by atoms with Gasteiger partial charge in [0.25, 0.3) is 0 Å². The molecule has 10 heteroatoms. The summed E-state index contributed by atoms with van der Waals surface area (Å²) in [4.78, 5) is 30.4. The lowest BCUT2D eigenvalue weighted by molar-refractivity contribution is -0.139. The van der Waals surface area contributed by atoms with Crippen molar-refractivity contribution in [2.24, 2.45) is 11.3 Å². The fraction of sp³-hybridized carbons (Fsp3) is 0.407. The second-order valence-electron chi connectivity index (χ2n) is 9.90. The Morgan fingerprint density at radius 1 is 1.16 bits per heavy atom. The van der Waals surface area contributed by atoms with Crippen LogP contribution in [0.4, 0.5) is 20.8 Å². The zero-order chi connectivity index (χ0) is 26.0. The van der Waals surface area contributed by atoms with E-state index in [1.807, 2.05) is 36.4 Å². The van der Waals surface area contributed by atoms with Crippen LogP contribution in [0.25, 0.3) is 5.69 Å². The highest BCUT2D eigenvalue weighted by Crippen LogP contribution is 2.57. The van der Waals surface area contributed by atoms with Crippen molar-refractivity contribution in [3.8, 4) is 5.69 Å². The van der Waals surface area contributed by atoms with E-state index in [1.165, 1.54) is 4.68 Å². The summed E-state index contributed by atoms with van der Waals surface area (Å²) in [5.74, 6) is -0.299. The summed E-state index contributed by atoms with van der Waals surface area (Å²) in [5.41, 5.74) is 1.31. The van der Waals surface area contributed by atoms with Crippen LogP contribution in [0.1, 0.15) is 50.7 Å². The van der Waals surface area contributed by atoms with Crippen molar-refractivity contribution >= 4 is 23.7 Å². The lowest BCUT2D eigenvalue weighted by atomic mass is 9.79. The number of carbonyl (C=O) groups is 2. The summed E-state index contributed by atoms with van der Waals surface area (Å²) in [6, 6.07) is 12.9. The van der Waals surface area contributed by atoms with Gasteiger partial charge in [-0.05, 0) is 61.6 Å². The Hall–Kier alpha value is -3.95. The molecule has 2 aromatic heterocycles. The number of carbonyl (C=O) groups excluding carboxylic acids is 1. The molecule has 2 N–H and O–H groups in total. The first kappa shape index (κ1) is 24.7. The topological polar surface area (TPSA) is 110 Å². The Morgan fingerprint density at radius 2 is 1.89 bits per heavy atom. The van der Waals surface area contributed by atoms with Gasteiger partial charge in [0.05, 0.1) is 24.5 Å². The standard InChI is InChI=1S/C27H30FN5O4/c1-18(19-5-3-2-4-6-19)37-26(36)31-25-22(28)17-30-33(25)21-7-8-23(29-16-21)32-13-9-20(10-14-32)27(11-12-27)15-24(34)35/h2-8,16-18,20H,9-15H2,1H3,(H,31,36)(H,34,35). The van der Waals surface area contributed by atoms with Crippen LogP contribution in [0.2, 0.25) is 0 Å². The molecule has 5 rings (SSSR count). The number of pyridine rings is 1. The highest BCUT2D eigenvalue weighted by Gasteiger charge is 2.50. The fourth-order valence-corrected chi connectivity index (χ4v) is 5.32. The monoisotopic (exact) mass is 507 g/mol. The van der Waals surface area contributed by atoms with Gasteiger partial charge in [-0.25, -0.2) is 18.9 Å². The number of piperidine rings is 1. The number of aromatic nitrogens is 3. The van der Waals surface area contributed by atoms with Crippen LogP contribution in [0.3, 0.4) is 0 Å². The van der Waals surface area contributed by atoms with E-state index < -0.39 is 24.0 Å². The summed E-state index contributed by atoms with van der Waals surface area (Å²) in [6.45, 7) is 3.37. The number of hydrogen-bond acceptors (Lipinski definition) is 6. The van der Waals surface area contributed by atoms with Crippen LogP contribution in [-0.2, 0) is 9.53 Å². The van der Waals surface area contributed by atoms with E-state index in [9.17, 15) is 19.1 Å². The van der Waals surface area contributed by atoms with Gasteiger partial charge in [0.15, 0.2) is 11.6 Å². The normalized spacial score (nSPS) is 17.7. The molecule has 1 aromatic carbocycles. The Labute approximate surface area is 214 Å². The number of ether oxygens (including phenoxy) is 1. The SMILES string of the molecule is CC(OC(=O)Nc1c(F)cnn1-c1ccc(N2CCC(C3(CC(=O)O)CC3)CC2)nc1)c1ccccc1. The minimum absolute atomic E-state index is 0.0111. The molecule has 1 aliphatic heterocycles. The highest BCUT2D eigenvalue weighted by atomic mass is 19.1. The second kappa shape index (κ2) is 10.2. The van der Waals surface area contributed by atoms with E-state index in [0.717, 1.165) is 56.4 Å². The van der Waals surface area contributed by atoms with Gasteiger partial charge in [-0.1, -0.05) is 30.3 Å². The summed E-state index contributed by atoms with van der Waals surface area (Å²) >= 11 is 0. The minimum Gasteiger partial charge on any atom is -0.481 e. The van der Waals surface area contributed by atoms with Gasteiger partial charge < -0.3 is 14.7 Å². The lowest BCUT2D eigenvalue weighted by Crippen LogP contribution is -2.37. The fourth-order valence-electron chi connectivity index (χ4n) is 5.32. The summed E-state index contributed by atoms with van der Waals surface area (Å²) < 4.78 is 21.2.